The summed E-state index contributed by atoms with van der Waals surface area (Å²) in [4.78, 5) is 0. The molecule has 2 N–H and O–H groups in total. The summed E-state index contributed by atoms with van der Waals surface area (Å²) in [7, 11) is 0. The lowest BCUT2D eigenvalue weighted by molar-refractivity contribution is 0.399. The zero-order valence-corrected chi connectivity index (χ0v) is 10.6. The molecule has 0 aromatic heterocycles. The molecule has 0 saturated heterocycles. The SMILES string of the molecule is C#CCC(CC)NC(CC)c1ccccc1O. The van der Waals surface area contributed by atoms with Gasteiger partial charge in [-0.25, -0.2) is 0 Å². The minimum atomic E-state index is 0.162. The lowest BCUT2D eigenvalue weighted by Gasteiger charge is -2.24. The smallest absolute Gasteiger partial charge is 0.120 e. The van der Waals surface area contributed by atoms with Crippen molar-refractivity contribution in [2.45, 2.75) is 45.2 Å². The quantitative estimate of drug-likeness (QED) is 0.737. The molecule has 1 aromatic carbocycles. The van der Waals surface area contributed by atoms with E-state index >= 15 is 0 Å². The van der Waals surface area contributed by atoms with Crippen LogP contribution in [0.5, 0.6) is 5.75 Å². The van der Waals surface area contributed by atoms with Gasteiger partial charge in [-0.1, -0.05) is 32.0 Å². The van der Waals surface area contributed by atoms with Crippen LogP contribution < -0.4 is 5.32 Å². The molecule has 0 aliphatic rings. The van der Waals surface area contributed by atoms with Crippen LogP contribution in [-0.2, 0) is 0 Å². The molecular formula is C15H21NO. The van der Waals surface area contributed by atoms with Gasteiger partial charge in [-0.2, -0.15) is 0 Å². The van der Waals surface area contributed by atoms with Crippen molar-refractivity contribution < 1.29 is 5.11 Å². The Hall–Kier alpha value is -1.46. The van der Waals surface area contributed by atoms with Crippen LogP contribution in [0, 0.1) is 12.3 Å². The van der Waals surface area contributed by atoms with E-state index in [1.807, 2.05) is 18.2 Å². The third-order valence-electron chi connectivity index (χ3n) is 3.01. The monoisotopic (exact) mass is 231 g/mol. The van der Waals surface area contributed by atoms with Crippen molar-refractivity contribution in [1.82, 2.24) is 5.32 Å². The molecular weight excluding hydrogens is 210 g/mol. The first-order valence-electron chi connectivity index (χ1n) is 6.20. The number of hydrogen-bond acceptors (Lipinski definition) is 2. The molecule has 0 saturated carbocycles. The van der Waals surface area contributed by atoms with E-state index < -0.39 is 0 Å². The molecule has 2 unspecified atom stereocenters. The van der Waals surface area contributed by atoms with E-state index in [9.17, 15) is 5.11 Å². The van der Waals surface area contributed by atoms with Gasteiger partial charge in [-0.05, 0) is 18.9 Å². The average molecular weight is 231 g/mol. The van der Waals surface area contributed by atoms with Crippen molar-refractivity contribution in [2.75, 3.05) is 0 Å². The minimum absolute atomic E-state index is 0.162. The summed E-state index contributed by atoms with van der Waals surface area (Å²) >= 11 is 0. The highest BCUT2D eigenvalue weighted by molar-refractivity contribution is 5.34. The summed E-state index contributed by atoms with van der Waals surface area (Å²) in [6, 6.07) is 7.94. The molecule has 2 heteroatoms. The minimum Gasteiger partial charge on any atom is -0.508 e. The number of para-hydroxylation sites is 1. The van der Waals surface area contributed by atoms with Gasteiger partial charge < -0.3 is 10.4 Å². The van der Waals surface area contributed by atoms with Gasteiger partial charge in [0.15, 0.2) is 0 Å². The molecule has 0 aliphatic heterocycles. The predicted molar refractivity (Wildman–Crippen MR) is 71.8 cm³/mol. The summed E-state index contributed by atoms with van der Waals surface area (Å²) in [5, 5.41) is 13.4. The third-order valence-corrected chi connectivity index (χ3v) is 3.01. The molecule has 0 aliphatic carbocycles. The Morgan fingerprint density at radius 2 is 2.00 bits per heavy atom. The zero-order chi connectivity index (χ0) is 12.7. The normalized spacial score (nSPS) is 13.9. The second kappa shape index (κ2) is 6.98. The van der Waals surface area contributed by atoms with Gasteiger partial charge in [0.1, 0.15) is 5.75 Å². The predicted octanol–water partition coefficient (Wildman–Crippen LogP) is 3.23. The van der Waals surface area contributed by atoms with E-state index in [-0.39, 0.29) is 6.04 Å². The highest BCUT2D eigenvalue weighted by atomic mass is 16.3. The van der Waals surface area contributed by atoms with E-state index in [1.165, 1.54) is 0 Å². The Morgan fingerprint density at radius 3 is 2.53 bits per heavy atom. The van der Waals surface area contributed by atoms with Crippen molar-refractivity contribution in [3.05, 3.63) is 29.8 Å². The summed E-state index contributed by atoms with van der Waals surface area (Å²) in [6.45, 7) is 4.22. The molecule has 1 rings (SSSR count). The van der Waals surface area contributed by atoms with E-state index in [1.54, 1.807) is 6.07 Å². The van der Waals surface area contributed by atoms with Gasteiger partial charge in [0.2, 0.25) is 0 Å². The molecule has 0 fully saturated rings. The van der Waals surface area contributed by atoms with Crippen LogP contribution in [0.1, 0.15) is 44.7 Å². The number of rotatable bonds is 6. The van der Waals surface area contributed by atoms with Crippen LogP contribution in [0.15, 0.2) is 24.3 Å². The Labute approximate surface area is 104 Å². The zero-order valence-electron chi connectivity index (χ0n) is 10.6. The number of phenolic OH excluding ortho intramolecular Hbond substituents is 1. The van der Waals surface area contributed by atoms with Crippen LogP contribution >= 0.6 is 0 Å². The summed E-state index contributed by atoms with van der Waals surface area (Å²) < 4.78 is 0. The van der Waals surface area contributed by atoms with Crippen LogP contribution in [0.2, 0.25) is 0 Å². The van der Waals surface area contributed by atoms with Crippen molar-refractivity contribution in [2.24, 2.45) is 0 Å². The molecule has 2 nitrogen and oxygen atoms in total. The number of aromatic hydroxyl groups is 1. The maximum Gasteiger partial charge on any atom is 0.120 e. The second-order valence-corrected chi connectivity index (χ2v) is 4.20. The van der Waals surface area contributed by atoms with Crippen LogP contribution in [0.3, 0.4) is 0 Å². The van der Waals surface area contributed by atoms with Crippen LogP contribution in [0.25, 0.3) is 0 Å². The lowest BCUT2D eigenvalue weighted by atomic mass is 10.0. The van der Waals surface area contributed by atoms with Gasteiger partial charge in [-0.15, -0.1) is 12.3 Å². The van der Waals surface area contributed by atoms with E-state index in [0.29, 0.717) is 11.8 Å². The first-order valence-corrected chi connectivity index (χ1v) is 6.20. The Kier molecular flexibility index (Phi) is 5.59. The average Bonchev–Trinajstić information content (AvgIpc) is 2.35. The molecule has 0 heterocycles. The molecule has 1 aromatic rings. The van der Waals surface area contributed by atoms with Crippen LogP contribution in [0.4, 0.5) is 0 Å². The van der Waals surface area contributed by atoms with Gasteiger partial charge in [0.25, 0.3) is 0 Å². The standard InChI is InChI=1S/C15H21NO/c1-4-9-12(5-2)16-14(6-3)13-10-7-8-11-15(13)17/h1,7-8,10-12,14,16-17H,5-6,9H2,2-3H3. The Morgan fingerprint density at radius 1 is 1.29 bits per heavy atom. The Bertz CT molecular complexity index is 381. The maximum atomic E-state index is 9.85. The summed E-state index contributed by atoms with van der Waals surface area (Å²) in [6.07, 6.45) is 8.00. The maximum absolute atomic E-state index is 9.85. The fourth-order valence-corrected chi connectivity index (χ4v) is 1.96. The van der Waals surface area contributed by atoms with E-state index in [4.69, 9.17) is 6.42 Å². The molecule has 92 valence electrons. The molecule has 17 heavy (non-hydrogen) atoms. The fraction of sp³-hybridized carbons (Fsp3) is 0.467. The number of nitrogens with one attached hydrogen (secondary N) is 1. The number of phenols is 1. The van der Waals surface area contributed by atoms with Gasteiger partial charge in [0.05, 0.1) is 0 Å². The fourth-order valence-electron chi connectivity index (χ4n) is 1.96. The lowest BCUT2D eigenvalue weighted by Crippen LogP contribution is -2.31. The molecule has 0 bridgehead atoms. The van der Waals surface area contributed by atoms with E-state index in [0.717, 1.165) is 24.8 Å². The van der Waals surface area contributed by atoms with Crippen molar-refractivity contribution in [1.29, 1.82) is 0 Å². The highest BCUT2D eigenvalue weighted by Crippen LogP contribution is 2.26. The second-order valence-electron chi connectivity index (χ2n) is 4.20. The molecule has 2 atom stereocenters. The number of benzene rings is 1. The van der Waals surface area contributed by atoms with Crippen molar-refractivity contribution >= 4 is 0 Å². The topological polar surface area (TPSA) is 32.3 Å². The molecule has 0 spiro atoms. The largest absolute Gasteiger partial charge is 0.508 e. The Balaban J connectivity index is 2.79. The number of terminal acetylenes is 1. The van der Waals surface area contributed by atoms with Crippen molar-refractivity contribution in [3.8, 4) is 18.1 Å². The van der Waals surface area contributed by atoms with Gasteiger partial charge >= 0.3 is 0 Å². The number of hydrogen-bond donors (Lipinski definition) is 2. The molecule has 0 amide bonds. The highest BCUT2D eigenvalue weighted by Gasteiger charge is 2.16. The first-order chi connectivity index (χ1) is 8.22. The van der Waals surface area contributed by atoms with Crippen molar-refractivity contribution in [3.63, 3.8) is 0 Å². The van der Waals surface area contributed by atoms with Gasteiger partial charge in [-0.3, -0.25) is 0 Å². The molecule has 0 radical (unpaired) electrons. The van der Waals surface area contributed by atoms with E-state index in [2.05, 4.69) is 25.1 Å². The van der Waals surface area contributed by atoms with Gasteiger partial charge in [0, 0.05) is 24.1 Å². The van der Waals surface area contributed by atoms with Crippen LogP contribution in [-0.4, -0.2) is 11.1 Å². The first kappa shape index (κ1) is 13.6. The summed E-state index contributed by atoms with van der Waals surface area (Å²) in [5.41, 5.74) is 0.950. The third kappa shape index (κ3) is 3.80. The summed E-state index contributed by atoms with van der Waals surface area (Å²) in [5.74, 6) is 3.04.